The molecule has 2 aliphatic carbocycles. The zero-order chi connectivity index (χ0) is 11.1. The Morgan fingerprint density at radius 2 is 2.20 bits per heavy atom. The Kier molecular flexibility index (Phi) is 2.56. The molecule has 0 aromatic rings. The minimum atomic E-state index is 0.240. The van der Waals surface area contributed by atoms with E-state index >= 15 is 0 Å². The van der Waals surface area contributed by atoms with Gasteiger partial charge in [-0.05, 0) is 48.7 Å². The molecule has 0 saturated heterocycles. The number of rotatable bonds is 2. The quantitative estimate of drug-likeness (QED) is 0.687. The smallest absolute Gasteiger partial charge is 0.0471 e. The maximum absolute atomic E-state index is 8.76. The van der Waals surface area contributed by atoms with Crippen LogP contribution in [0.15, 0.2) is 17.4 Å². The molecule has 2 rings (SSSR count). The van der Waals surface area contributed by atoms with Gasteiger partial charge in [0.2, 0.25) is 0 Å². The summed E-state index contributed by atoms with van der Waals surface area (Å²) in [5, 5.41) is 8.76. The van der Waals surface area contributed by atoms with E-state index in [1.54, 1.807) is 0 Å². The molecule has 0 spiro atoms. The lowest BCUT2D eigenvalue weighted by atomic mass is 9.69. The lowest BCUT2D eigenvalue weighted by Crippen LogP contribution is -2.27. The SMILES string of the molecule is CC1(C)[C@H]2CC[C@@]1(C)C(=C=CCCO)C2. The molecule has 2 atom stereocenters. The van der Waals surface area contributed by atoms with Gasteiger partial charge in [-0.2, -0.15) is 0 Å². The molecule has 0 unspecified atom stereocenters. The molecule has 15 heavy (non-hydrogen) atoms. The van der Waals surface area contributed by atoms with Gasteiger partial charge in [-0.25, -0.2) is 0 Å². The van der Waals surface area contributed by atoms with E-state index in [1.807, 2.05) is 6.08 Å². The number of fused-ring (bicyclic) bond motifs is 2. The third kappa shape index (κ3) is 1.41. The van der Waals surface area contributed by atoms with Crippen molar-refractivity contribution >= 4 is 0 Å². The highest BCUT2D eigenvalue weighted by atomic mass is 16.2. The molecular weight excluding hydrogens is 184 g/mol. The molecule has 84 valence electrons. The predicted octanol–water partition coefficient (Wildman–Crippen LogP) is 3.30. The van der Waals surface area contributed by atoms with Crippen LogP contribution in [0.1, 0.15) is 46.5 Å². The number of aliphatic hydroxyl groups excluding tert-OH is 1. The average molecular weight is 206 g/mol. The summed E-state index contributed by atoms with van der Waals surface area (Å²) < 4.78 is 0. The first kappa shape index (κ1) is 11.0. The topological polar surface area (TPSA) is 20.2 Å². The molecule has 1 heteroatoms. The van der Waals surface area contributed by atoms with Crippen molar-refractivity contribution in [2.24, 2.45) is 16.7 Å². The Hall–Kier alpha value is -0.520. The third-order valence-corrected chi connectivity index (χ3v) is 5.10. The molecule has 0 amide bonds. The molecule has 0 radical (unpaired) electrons. The lowest BCUT2D eigenvalue weighted by molar-refractivity contribution is 0.179. The van der Waals surface area contributed by atoms with Crippen LogP contribution in [0.25, 0.3) is 0 Å². The number of hydrogen-bond donors (Lipinski definition) is 1. The number of aliphatic hydroxyl groups is 1. The van der Waals surface area contributed by atoms with E-state index in [4.69, 9.17) is 5.11 Å². The fraction of sp³-hybridized carbons (Fsp3) is 0.786. The Morgan fingerprint density at radius 3 is 2.67 bits per heavy atom. The summed E-state index contributed by atoms with van der Waals surface area (Å²) in [5.74, 6) is 0.854. The molecule has 0 aromatic heterocycles. The first-order chi connectivity index (χ1) is 7.02. The Bertz CT molecular complexity index is 320. The van der Waals surface area contributed by atoms with Crippen LogP contribution in [-0.2, 0) is 0 Å². The molecular formula is C14H22O. The van der Waals surface area contributed by atoms with Crippen LogP contribution in [0.5, 0.6) is 0 Å². The zero-order valence-corrected chi connectivity index (χ0v) is 10.1. The second-order valence-corrected chi connectivity index (χ2v) is 5.83. The van der Waals surface area contributed by atoms with Crippen LogP contribution in [0, 0.1) is 16.7 Å². The van der Waals surface area contributed by atoms with Crippen LogP contribution >= 0.6 is 0 Å². The van der Waals surface area contributed by atoms with Gasteiger partial charge < -0.3 is 5.11 Å². The summed E-state index contributed by atoms with van der Waals surface area (Å²) in [4.78, 5) is 0. The summed E-state index contributed by atoms with van der Waals surface area (Å²) >= 11 is 0. The minimum Gasteiger partial charge on any atom is -0.396 e. The zero-order valence-electron chi connectivity index (χ0n) is 10.1. The van der Waals surface area contributed by atoms with Crippen LogP contribution in [0.2, 0.25) is 0 Å². The van der Waals surface area contributed by atoms with E-state index in [1.165, 1.54) is 24.8 Å². The number of hydrogen-bond acceptors (Lipinski definition) is 1. The highest BCUT2D eigenvalue weighted by molar-refractivity contribution is 5.28. The highest BCUT2D eigenvalue weighted by Crippen LogP contribution is 2.67. The standard InChI is InChI=1S/C14H22O/c1-13(2)11-7-8-14(13,3)12(10-11)6-4-5-9-15/h4,11,15H,5,7-10H2,1-3H3/t6?,11-,14-/m0/s1. The third-order valence-electron chi connectivity index (χ3n) is 5.10. The van der Waals surface area contributed by atoms with Gasteiger partial charge in [0.05, 0.1) is 0 Å². The largest absolute Gasteiger partial charge is 0.396 e. The molecule has 1 nitrogen and oxygen atoms in total. The Labute approximate surface area is 92.9 Å². The average Bonchev–Trinajstić information content (AvgIpc) is 2.51. The summed E-state index contributed by atoms with van der Waals surface area (Å²) in [6.45, 7) is 7.45. The molecule has 1 N–H and O–H groups in total. The van der Waals surface area contributed by atoms with E-state index in [9.17, 15) is 0 Å². The maximum atomic E-state index is 8.76. The summed E-state index contributed by atoms with van der Waals surface area (Å²) in [6, 6.07) is 0. The Morgan fingerprint density at radius 1 is 1.47 bits per heavy atom. The van der Waals surface area contributed by atoms with Crippen molar-refractivity contribution in [3.63, 3.8) is 0 Å². The van der Waals surface area contributed by atoms with Gasteiger partial charge >= 0.3 is 0 Å². The molecule has 0 aliphatic heterocycles. The van der Waals surface area contributed by atoms with Gasteiger partial charge in [0.25, 0.3) is 0 Å². The van der Waals surface area contributed by atoms with Gasteiger partial charge in [0.1, 0.15) is 0 Å². The van der Waals surface area contributed by atoms with E-state index in [-0.39, 0.29) is 6.61 Å². The molecule has 0 aromatic carbocycles. The monoisotopic (exact) mass is 206 g/mol. The highest BCUT2D eigenvalue weighted by Gasteiger charge is 2.58. The predicted molar refractivity (Wildman–Crippen MR) is 62.5 cm³/mol. The molecule has 2 aliphatic rings. The first-order valence-electron chi connectivity index (χ1n) is 6.08. The van der Waals surface area contributed by atoms with Gasteiger partial charge in [-0.1, -0.05) is 20.8 Å². The van der Waals surface area contributed by atoms with Gasteiger partial charge in [-0.3, -0.25) is 0 Å². The van der Waals surface area contributed by atoms with Gasteiger partial charge in [0.15, 0.2) is 0 Å². The van der Waals surface area contributed by atoms with Crippen LogP contribution < -0.4 is 0 Å². The van der Waals surface area contributed by atoms with E-state index in [0.29, 0.717) is 10.8 Å². The van der Waals surface area contributed by atoms with Gasteiger partial charge in [-0.15, -0.1) is 5.73 Å². The maximum Gasteiger partial charge on any atom is 0.0471 e. The Balaban J connectivity index is 2.30. The van der Waals surface area contributed by atoms with Crippen molar-refractivity contribution in [1.82, 2.24) is 0 Å². The molecule has 2 fully saturated rings. The van der Waals surface area contributed by atoms with Crippen LogP contribution in [0.4, 0.5) is 0 Å². The van der Waals surface area contributed by atoms with E-state index in [0.717, 1.165) is 12.3 Å². The van der Waals surface area contributed by atoms with Crippen molar-refractivity contribution in [3.05, 3.63) is 17.4 Å². The molecule has 0 heterocycles. The fourth-order valence-corrected chi connectivity index (χ4v) is 3.44. The van der Waals surface area contributed by atoms with Crippen molar-refractivity contribution in [1.29, 1.82) is 0 Å². The van der Waals surface area contributed by atoms with E-state index in [2.05, 4.69) is 26.5 Å². The second-order valence-electron chi connectivity index (χ2n) is 5.83. The summed E-state index contributed by atoms with van der Waals surface area (Å²) in [5.41, 5.74) is 5.75. The van der Waals surface area contributed by atoms with Gasteiger partial charge in [0, 0.05) is 12.0 Å². The van der Waals surface area contributed by atoms with Crippen molar-refractivity contribution in [2.75, 3.05) is 6.61 Å². The van der Waals surface area contributed by atoms with Crippen molar-refractivity contribution in [3.8, 4) is 0 Å². The van der Waals surface area contributed by atoms with Crippen LogP contribution in [-0.4, -0.2) is 11.7 Å². The van der Waals surface area contributed by atoms with E-state index < -0.39 is 0 Å². The fourth-order valence-electron chi connectivity index (χ4n) is 3.44. The normalized spacial score (nSPS) is 36.8. The summed E-state index contributed by atoms with van der Waals surface area (Å²) in [6.07, 6.45) is 6.68. The second kappa shape index (κ2) is 3.50. The molecule has 2 saturated carbocycles. The van der Waals surface area contributed by atoms with Crippen molar-refractivity contribution in [2.45, 2.75) is 46.5 Å². The minimum absolute atomic E-state index is 0.240. The molecule has 2 bridgehead atoms. The lowest BCUT2D eigenvalue weighted by Gasteiger charge is -2.34. The van der Waals surface area contributed by atoms with Crippen LogP contribution in [0.3, 0.4) is 0 Å². The van der Waals surface area contributed by atoms with Crippen molar-refractivity contribution < 1.29 is 5.11 Å². The first-order valence-corrected chi connectivity index (χ1v) is 6.08. The summed E-state index contributed by atoms with van der Waals surface area (Å²) in [7, 11) is 0.